The smallest absolute Gasteiger partial charge is 0.231 e. The quantitative estimate of drug-likeness (QED) is 0.396. The lowest BCUT2D eigenvalue weighted by molar-refractivity contribution is 0.0873. The van der Waals surface area contributed by atoms with Crippen molar-refractivity contribution < 1.29 is 19.0 Å². The number of allylic oxidation sites excluding steroid dienone is 1. The second kappa shape index (κ2) is 9.10. The van der Waals surface area contributed by atoms with E-state index in [9.17, 15) is 4.79 Å². The van der Waals surface area contributed by atoms with Crippen molar-refractivity contribution in [3.63, 3.8) is 0 Å². The Morgan fingerprint density at radius 1 is 1.06 bits per heavy atom. The number of hydrogen-bond acceptors (Lipinski definition) is 5. The maximum atomic E-state index is 13.0. The van der Waals surface area contributed by atoms with E-state index in [1.54, 1.807) is 18.2 Å². The van der Waals surface area contributed by atoms with Gasteiger partial charge in [0.25, 0.3) is 0 Å². The Hall–Kier alpha value is -2.99. The van der Waals surface area contributed by atoms with Gasteiger partial charge in [-0.25, -0.2) is 0 Å². The fourth-order valence-corrected chi connectivity index (χ4v) is 4.30. The highest BCUT2D eigenvalue weighted by atomic mass is 35.5. The predicted molar refractivity (Wildman–Crippen MR) is 128 cm³/mol. The third-order valence-electron chi connectivity index (χ3n) is 5.56. The van der Waals surface area contributed by atoms with E-state index in [0.29, 0.717) is 53.5 Å². The van der Waals surface area contributed by atoms with Gasteiger partial charge in [-0.2, -0.15) is 0 Å². The summed E-state index contributed by atoms with van der Waals surface area (Å²) >= 11 is 12.2. The van der Waals surface area contributed by atoms with Crippen LogP contribution in [0.1, 0.15) is 34.0 Å². The molecule has 2 heterocycles. The molecule has 7 heteroatoms. The van der Waals surface area contributed by atoms with Crippen LogP contribution < -0.4 is 14.2 Å². The van der Waals surface area contributed by atoms with Crippen LogP contribution in [0.5, 0.6) is 17.2 Å². The van der Waals surface area contributed by atoms with E-state index in [2.05, 4.69) is 4.90 Å². The molecule has 33 heavy (non-hydrogen) atoms. The molecular formula is C26H21Cl2NO4. The van der Waals surface area contributed by atoms with Gasteiger partial charge in [0.1, 0.15) is 24.0 Å². The van der Waals surface area contributed by atoms with E-state index in [0.717, 1.165) is 28.2 Å². The molecule has 0 aliphatic carbocycles. The number of benzene rings is 3. The molecule has 0 aromatic heterocycles. The van der Waals surface area contributed by atoms with Gasteiger partial charge in [-0.15, -0.1) is 0 Å². The van der Waals surface area contributed by atoms with Crippen molar-refractivity contribution in [3.05, 3.63) is 92.7 Å². The van der Waals surface area contributed by atoms with Gasteiger partial charge >= 0.3 is 0 Å². The monoisotopic (exact) mass is 481 g/mol. The van der Waals surface area contributed by atoms with Crippen LogP contribution >= 0.6 is 23.2 Å². The fourth-order valence-electron chi connectivity index (χ4n) is 3.98. The van der Waals surface area contributed by atoms with Gasteiger partial charge in [-0.3, -0.25) is 9.69 Å². The van der Waals surface area contributed by atoms with Crippen LogP contribution in [0.25, 0.3) is 6.08 Å². The molecule has 3 aromatic rings. The minimum absolute atomic E-state index is 0.136. The molecule has 0 saturated heterocycles. The first-order valence-corrected chi connectivity index (χ1v) is 11.4. The molecule has 5 nitrogen and oxygen atoms in total. The molecular weight excluding hydrogens is 461 g/mol. The summed E-state index contributed by atoms with van der Waals surface area (Å²) in [5.74, 6) is 2.24. The Bertz CT molecular complexity index is 1250. The van der Waals surface area contributed by atoms with E-state index < -0.39 is 0 Å². The van der Waals surface area contributed by atoms with E-state index in [-0.39, 0.29) is 5.78 Å². The predicted octanol–water partition coefficient (Wildman–Crippen LogP) is 6.36. The van der Waals surface area contributed by atoms with Crippen molar-refractivity contribution in [2.24, 2.45) is 0 Å². The Kier molecular flexibility index (Phi) is 6.02. The zero-order valence-electron chi connectivity index (χ0n) is 17.9. The number of hydrogen-bond donors (Lipinski definition) is 0. The Balaban J connectivity index is 1.38. The number of carbonyl (C=O) groups is 1. The molecule has 168 valence electrons. The first-order chi connectivity index (χ1) is 16.0. The molecule has 0 fully saturated rings. The van der Waals surface area contributed by atoms with Crippen LogP contribution in [-0.2, 0) is 13.1 Å². The van der Waals surface area contributed by atoms with Gasteiger partial charge in [-0.1, -0.05) is 41.4 Å². The van der Waals surface area contributed by atoms with Crippen LogP contribution in [-0.4, -0.2) is 24.0 Å². The highest BCUT2D eigenvalue weighted by Crippen LogP contribution is 2.42. The standard InChI is InChI=1S/C26H21Cl2NO4/c1-2-31-18-6-3-16(4-7-18)12-24-25(30)19-8-10-23-20(26(19)33-24)14-29(15-32-23)13-17-5-9-21(27)22(28)11-17/h3-12H,2,13-15H2,1H3/b24-12-. The van der Waals surface area contributed by atoms with Gasteiger partial charge in [0, 0.05) is 13.1 Å². The zero-order valence-corrected chi connectivity index (χ0v) is 19.4. The summed E-state index contributed by atoms with van der Waals surface area (Å²) in [4.78, 5) is 15.1. The summed E-state index contributed by atoms with van der Waals surface area (Å²) in [5, 5.41) is 1.05. The number of nitrogens with zero attached hydrogens (tertiary/aromatic N) is 1. The summed E-state index contributed by atoms with van der Waals surface area (Å²) in [6, 6.07) is 16.7. The average molecular weight is 482 g/mol. The second-order valence-corrected chi connectivity index (χ2v) is 8.68. The second-order valence-electron chi connectivity index (χ2n) is 7.87. The SMILES string of the molecule is CCOc1ccc(/C=C2\Oc3c(ccc4c3CN(Cc3ccc(Cl)c(Cl)c3)CO4)C2=O)cc1. The molecule has 5 rings (SSSR count). The number of fused-ring (bicyclic) bond motifs is 3. The van der Waals surface area contributed by atoms with Crippen LogP contribution in [0.2, 0.25) is 10.0 Å². The normalized spacial score (nSPS) is 16.2. The van der Waals surface area contributed by atoms with Gasteiger partial charge in [0.2, 0.25) is 5.78 Å². The van der Waals surface area contributed by atoms with Crippen molar-refractivity contribution in [3.8, 4) is 17.2 Å². The molecule has 0 bridgehead atoms. The van der Waals surface area contributed by atoms with Crippen LogP contribution in [0.3, 0.4) is 0 Å². The maximum absolute atomic E-state index is 13.0. The summed E-state index contributed by atoms with van der Waals surface area (Å²) in [6.45, 7) is 4.18. The lowest BCUT2D eigenvalue weighted by Gasteiger charge is -2.29. The Morgan fingerprint density at radius 2 is 1.88 bits per heavy atom. The number of halogens is 2. The molecule has 0 amide bonds. The summed E-state index contributed by atoms with van der Waals surface area (Å²) < 4.78 is 17.5. The lowest BCUT2D eigenvalue weighted by Crippen LogP contribution is -2.31. The molecule has 3 aromatic carbocycles. The van der Waals surface area contributed by atoms with Crippen LogP contribution in [0, 0.1) is 0 Å². The van der Waals surface area contributed by atoms with E-state index in [4.69, 9.17) is 37.4 Å². The molecule has 0 unspecified atom stereocenters. The van der Waals surface area contributed by atoms with E-state index in [1.165, 1.54) is 0 Å². The third-order valence-corrected chi connectivity index (χ3v) is 6.30. The van der Waals surface area contributed by atoms with Crippen LogP contribution in [0.4, 0.5) is 0 Å². The largest absolute Gasteiger partial charge is 0.494 e. The maximum Gasteiger partial charge on any atom is 0.231 e. The topological polar surface area (TPSA) is 48.0 Å². The molecule has 0 N–H and O–H groups in total. The minimum Gasteiger partial charge on any atom is -0.494 e. The van der Waals surface area contributed by atoms with Gasteiger partial charge < -0.3 is 14.2 Å². The summed E-state index contributed by atoms with van der Waals surface area (Å²) in [5.41, 5.74) is 3.30. The van der Waals surface area contributed by atoms with Crippen molar-refractivity contribution in [1.82, 2.24) is 4.90 Å². The number of rotatable bonds is 5. The number of ketones is 1. The highest BCUT2D eigenvalue weighted by molar-refractivity contribution is 6.42. The zero-order chi connectivity index (χ0) is 22.9. The van der Waals surface area contributed by atoms with Crippen LogP contribution in [0.15, 0.2) is 60.4 Å². The van der Waals surface area contributed by atoms with Gasteiger partial charge in [0.15, 0.2) is 5.76 Å². The van der Waals surface area contributed by atoms with Crippen molar-refractivity contribution in [2.75, 3.05) is 13.3 Å². The summed E-state index contributed by atoms with van der Waals surface area (Å²) in [7, 11) is 0. The van der Waals surface area contributed by atoms with Gasteiger partial charge in [0.05, 0.1) is 27.8 Å². The van der Waals surface area contributed by atoms with E-state index in [1.807, 2.05) is 49.4 Å². The first-order valence-electron chi connectivity index (χ1n) is 10.6. The number of Topliss-reactive ketones (excluding diaryl/α,β-unsaturated/α-hetero) is 1. The fraction of sp³-hybridized carbons (Fsp3) is 0.192. The number of ether oxygens (including phenoxy) is 3. The summed E-state index contributed by atoms with van der Waals surface area (Å²) in [6.07, 6.45) is 1.75. The molecule has 0 saturated carbocycles. The third kappa shape index (κ3) is 4.44. The molecule has 0 spiro atoms. The van der Waals surface area contributed by atoms with Crippen molar-refractivity contribution in [1.29, 1.82) is 0 Å². The number of carbonyl (C=O) groups excluding carboxylic acids is 1. The molecule has 0 radical (unpaired) electrons. The molecule has 2 aliphatic rings. The Labute approximate surface area is 202 Å². The average Bonchev–Trinajstić information content (AvgIpc) is 3.13. The highest BCUT2D eigenvalue weighted by Gasteiger charge is 2.33. The lowest BCUT2D eigenvalue weighted by atomic mass is 10.0. The van der Waals surface area contributed by atoms with E-state index >= 15 is 0 Å². The first kappa shape index (κ1) is 21.8. The molecule has 0 atom stereocenters. The Morgan fingerprint density at radius 3 is 2.64 bits per heavy atom. The van der Waals surface area contributed by atoms with Crippen molar-refractivity contribution in [2.45, 2.75) is 20.0 Å². The van der Waals surface area contributed by atoms with Crippen molar-refractivity contribution >= 4 is 35.1 Å². The van der Waals surface area contributed by atoms with Gasteiger partial charge in [-0.05, 0) is 60.5 Å². The molecule has 2 aliphatic heterocycles. The minimum atomic E-state index is -0.136.